The Balaban J connectivity index is 1.54. The summed E-state index contributed by atoms with van der Waals surface area (Å²) >= 11 is 0. The van der Waals surface area contributed by atoms with Gasteiger partial charge in [0.05, 0.1) is 16.6 Å². The number of allylic oxidation sites excluding steroid dienone is 1. The molecular weight excluding hydrogens is 437 g/mol. The van der Waals surface area contributed by atoms with Crippen molar-refractivity contribution in [3.8, 4) is 5.75 Å². The van der Waals surface area contributed by atoms with Crippen LogP contribution in [-0.4, -0.2) is 24.2 Å². The molecule has 1 amide bonds. The van der Waals surface area contributed by atoms with Crippen LogP contribution >= 0.6 is 0 Å². The maximum atomic E-state index is 13.1. The molecule has 0 atom stereocenters. The highest BCUT2D eigenvalue weighted by Gasteiger charge is 2.52. The Morgan fingerprint density at radius 1 is 1.00 bits per heavy atom. The van der Waals surface area contributed by atoms with Crippen LogP contribution in [0.4, 0.5) is 0 Å². The van der Waals surface area contributed by atoms with Crippen molar-refractivity contribution in [3.63, 3.8) is 0 Å². The SMILES string of the molecule is C/C=C/C1(C(=O)NCc2ccc(B3OC(C)(C)C(C)(C)O3)c(OCc3ccccc3)c2)CCCC1. The molecule has 1 saturated heterocycles. The second kappa shape index (κ2) is 10.2. The highest BCUT2D eigenvalue weighted by molar-refractivity contribution is 6.63. The predicted octanol–water partition coefficient (Wildman–Crippen LogP) is 5.32. The van der Waals surface area contributed by atoms with Crippen molar-refractivity contribution in [2.24, 2.45) is 5.41 Å². The van der Waals surface area contributed by atoms with E-state index in [1.54, 1.807) is 0 Å². The number of benzene rings is 2. The summed E-state index contributed by atoms with van der Waals surface area (Å²) in [6.45, 7) is 11.1. The molecule has 1 aliphatic heterocycles. The van der Waals surface area contributed by atoms with E-state index in [1.807, 2.05) is 89.2 Å². The van der Waals surface area contributed by atoms with E-state index < -0.39 is 18.3 Å². The van der Waals surface area contributed by atoms with E-state index in [0.29, 0.717) is 18.9 Å². The van der Waals surface area contributed by atoms with Gasteiger partial charge in [0.15, 0.2) is 0 Å². The number of carbonyl (C=O) groups excluding carboxylic acids is 1. The fraction of sp³-hybridized carbons (Fsp3) is 0.483. The minimum atomic E-state index is -0.522. The first-order valence-electron chi connectivity index (χ1n) is 12.7. The van der Waals surface area contributed by atoms with Gasteiger partial charge in [-0.1, -0.05) is 67.5 Å². The molecule has 35 heavy (non-hydrogen) atoms. The third kappa shape index (κ3) is 5.49. The molecule has 2 aromatic carbocycles. The van der Waals surface area contributed by atoms with Crippen LogP contribution in [0.25, 0.3) is 0 Å². The summed E-state index contributed by atoms with van der Waals surface area (Å²) in [7, 11) is -0.522. The zero-order valence-electron chi connectivity index (χ0n) is 21.7. The summed E-state index contributed by atoms with van der Waals surface area (Å²) in [5.74, 6) is 0.818. The minimum absolute atomic E-state index is 0.106. The number of carbonyl (C=O) groups is 1. The molecule has 2 fully saturated rings. The molecular formula is C29H38BNO4. The van der Waals surface area contributed by atoms with Crippen LogP contribution in [0.3, 0.4) is 0 Å². The molecule has 2 aliphatic rings. The largest absolute Gasteiger partial charge is 0.498 e. The van der Waals surface area contributed by atoms with Crippen molar-refractivity contribution in [2.45, 2.75) is 84.7 Å². The second-order valence-electron chi connectivity index (χ2n) is 10.8. The van der Waals surface area contributed by atoms with Crippen molar-refractivity contribution in [1.29, 1.82) is 0 Å². The Morgan fingerprint density at radius 3 is 2.29 bits per heavy atom. The van der Waals surface area contributed by atoms with Gasteiger partial charge < -0.3 is 19.4 Å². The van der Waals surface area contributed by atoms with E-state index in [2.05, 4.69) is 11.4 Å². The number of amides is 1. The number of rotatable bonds is 8. The summed E-state index contributed by atoms with van der Waals surface area (Å²) in [5, 5.41) is 3.17. The van der Waals surface area contributed by atoms with Gasteiger partial charge in [0.2, 0.25) is 5.91 Å². The number of hydrogen-bond acceptors (Lipinski definition) is 4. The third-order valence-electron chi connectivity index (χ3n) is 7.71. The van der Waals surface area contributed by atoms with Gasteiger partial charge in [-0.2, -0.15) is 0 Å². The molecule has 6 heteroatoms. The van der Waals surface area contributed by atoms with E-state index in [-0.39, 0.29) is 11.3 Å². The van der Waals surface area contributed by atoms with Gasteiger partial charge in [-0.25, -0.2) is 0 Å². The van der Waals surface area contributed by atoms with Crippen molar-refractivity contribution in [3.05, 3.63) is 71.8 Å². The Kier molecular flexibility index (Phi) is 7.44. The third-order valence-corrected chi connectivity index (χ3v) is 7.71. The van der Waals surface area contributed by atoms with E-state index in [9.17, 15) is 4.79 Å². The van der Waals surface area contributed by atoms with Crippen LogP contribution < -0.4 is 15.5 Å². The average molecular weight is 475 g/mol. The molecule has 1 aliphatic carbocycles. The first-order valence-corrected chi connectivity index (χ1v) is 12.7. The van der Waals surface area contributed by atoms with Crippen LogP contribution in [0.5, 0.6) is 5.75 Å². The minimum Gasteiger partial charge on any atom is -0.489 e. The van der Waals surface area contributed by atoms with Crippen LogP contribution in [0.2, 0.25) is 0 Å². The lowest BCUT2D eigenvalue weighted by molar-refractivity contribution is -0.128. The summed E-state index contributed by atoms with van der Waals surface area (Å²) < 4.78 is 18.9. The van der Waals surface area contributed by atoms with Gasteiger partial charge >= 0.3 is 7.12 Å². The first-order chi connectivity index (χ1) is 16.7. The fourth-order valence-electron chi connectivity index (χ4n) is 4.87. The van der Waals surface area contributed by atoms with Crippen LogP contribution in [0.1, 0.15) is 71.4 Å². The van der Waals surface area contributed by atoms with Crippen molar-refractivity contribution in [1.82, 2.24) is 5.32 Å². The predicted molar refractivity (Wildman–Crippen MR) is 140 cm³/mol. The molecule has 1 heterocycles. The Hall–Kier alpha value is -2.57. The molecule has 1 N–H and O–H groups in total. The summed E-state index contributed by atoms with van der Waals surface area (Å²) in [6.07, 6.45) is 8.09. The smallest absolute Gasteiger partial charge is 0.489 e. The molecule has 0 spiro atoms. The fourth-order valence-corrected chi connectivity index (χ4v) is 4.87. The van der Waals surface area contributed by atoms with Gasteiger partial charge in [-0.05, 0) is 64.7 Å². The number of ether oxygens (including phenoxy) is 1. The van der Waals surface area contributed by atoms with E-state index >= 15 is 0 Å². The van der Waals surface area contributed by atoms with E-state index in [4.69, 9.17) is 14.0 Å². The molecule has 1 saturated carbocycles. The Labute approximate surface area is 210 Å². The van der Waals surface area contributed by atoms with Gasteiger partial charge in [-0.3, -0.25) is 4.79 Å². The quantitative estimate of drug-likeness (QED) is 0.415. The molecule has 186 valence electrons. The van der Waals surface area contributed by atoms with Gasteiger partial charge in [0, 0.05) is 12.0 Å². The molecule has 0 radical (unpaired) electrons. The Morgan fingerprint density at radius 2 is 1.66 bits per heavy atom. The lowest BCUT2D eigenvalue weighted by Crippen LogP contribution is -2.41. The maximum Gasteiger partial charge on any atom is 0.498 e. The molecule has 2 aromatic rings. The van der Waals surface area contributed by atoms with Crippen molar-refractivity contribution < 1.29 is 18.8 Å². The van der Waals surface area contributed by atoms with E-state index in [1.165, 1.54) is 0 Å². The normalized spacial score (nSPS) is 20.3. The maximum absolute atomic E-state index is 13.1. The molecule has 0 bridgehead atoms. The summed E-state index contributed by atoms with van der Waals surface area (Å²) in [4.78, 5) is 13.1. The van der Waals surface area contributed by atoms with Crippen LogP contribution in [0, 0.1) is 5.41 Å². The first kappa shape index (κ1) is 25.5. The number of hydrogen-bond donors (Lipinski definition) is 1. The van der Waals surface area contributed by atoms with Crippen molar-refractivity contribution in [2.75, 3.05) is 0 Å². The zero-order chi connectivity index (χ0) is 25.1. The lowest BCUT2D eigenvalue weighted by Gasteiger charge is -2.32. The Bertz CT molecular complexity index is 1040. The summed E-state index contributed by atoms with van der Waals surface area (Å²) in [5.41, 5.74) is 1.67. The second-order valence-corrected chi connectivity index (χ2v) is 10.8. The van der Waals surface area contributed by atoms with Crippen molar-refractivity contribution >= 4 is 18.5 Å². The molecule has 4 rings (SSSR count). The molecule has 0 unspecified atom stereocenters. The van der Waals surface area contributed by atoms with E-state index in [0.717, 1.165) is 42.3 Å². The monoisotopic (exact) mass is 475 g/mol. The highest BCUT2D eigenvalue weighted by atomic mass is 16.7. The standard InChI is InChI=1S/C29H38BNO4/c1-6-16-29(17-10-11-18-29)26(32)31-20-23-14-15-24(30-34-27(2,3)28(4,5)35-30)25(19-23)33-21-22-12-8-7-9-13-22/h6-9,12-16,19H,10-11,17-18,20-21H2,1-5H3,(H,31,32)/b16-6+. The average Bonchev–Trinajstić information content (AvgIpc) is 3.39. The zero-order valence-corrected chi connectivity index (χ0v) is 21.7. The van der Waals surface area contributed by atoms with Gasteiger partial charge in [0.25, 0.3) is 0 Å². The summed E-state index contributed by atoms with van der Waals surface area (Å²) in [6, 6.07) is 16.1. The van der Waals surface area contributed by atoms with Gasteiger partial charge in [0.1, 0.15) is 12.4 Å². The topological polar surface area (TPSA) is 56.8 Å². The van der Waals surface area contributed by atoms with Crippen LogP contribution in [0.15, 0.2) is 60.7 Å². The lowest BCUT2D eigenvalue weighted by atomic mass is 9.78. The number of nitrogens with one attached hydrogen (secondary N) is 1. The molecule has 0 aromatic heterocycles. The van der Waals surface area contributed by atoms with Crippen LogP contribution in [-0.2, 0) is 27.3 Å². The highest BCUT2D eigenvalue weighted by Crippen LogP contribution is 2.40. The van der Waals surface area contributed by atoms with Gasteiger partial charge in [-0.15, -0.1) is 0 Å². The molecule has 5 nitrogen and oxygen atoms in total.